The van der Waals surface area contributed by atoms with Crippen LogP contribution in [0.25, 0.3) is 10.6 Å². The van der Waals surface area contributed by atoms with Crippen LogP contribution in [0.15, 0.2) is 22.2 Å². The van der Waals surface area contributed by atoms with Crippen LogP contribution >= 0.6 is 22.7 Å². The Labute approximate surface area is 115 Å². The van der Waals surface area contributed by atoms with Crippen LogP contribution in [-0.2, 0) is 6.54 Å². The lowest BCUT2D eigenvalue weighted by Gasteiger charge is -2.37. The van der Waals surface area contributed by atoms with Gasteiger partial charge in [0.15, 0.2) is 0 Å². The van der Waals surface area contributed by atoms with E-state index in [-0.39, 0.29) is 0 Å². The van der Waals surface area contributed by atoms with Crippen LogP contribution in [0.4, 0.5) is 0 Å². The van der Waals surface area contributed by atoms with Gasteiger partial charge in [-0.05, 0) is 18.0 Å². The minimum Gasteiger partial charge on any atom is -0.314 e. The summed E-state index contributed by atoms with van der Waals surface area (Å²) in [5.41, 5.74) is 2.46. The predicted octanol–water partition coefficient (Wildman–Crippen LogP) is 2.67. The maximum absolute atomic E-state index is 4.74. The Kier molecular flexibility index (Phi) is 3.75. The Bertz CT molecular complexity index is 488. The fraction of sp³-hybridized carbons (Fsp3) is 0.462. The zero-order chi connectivity index (χ0) is 12.4. The molecule has 0 amide bonds. The van der Waals surface area contributed by atoms with Crippen LogP contribution in [0.5, 0.6) is 0 Å². The Hall–Kier alpha value is -0.750. The highest BCUT2D eigenvalue weighted by Gasteiger charge is 2.23. The van der Waals surface area contributed by atoms with Crippen LogP contribution in [0.2, 0.25) is 0 Å². The number of nitrogens with zero attached hydrogens (tertiary/aromatic N) is 2. The van der Waals surface area contributed by atoms with Crippen molar-refractivity contribution in [2.24, 2.45) is 0 Å². The van der Waals surface area contributed by atoms with E-state index in [0.717, 1.165) is 31.2 Å². The lowest BCUT2D eigenvalue weighted by Crippen LogP contribution is -2.56. The third-order valence-corrected chi connectivity index (χ3v) is 4.99. The first kappa shape index (κ1) is 12.3. The van der Waals surface area contributed by atoms with E-state index < -0.39 is 0 Å². The van der Waals surface area contributed by atoms with E-state index in [1.165, 1.54) is 11.3 Å². The number of thiazole rings is 1. The molecule has 1 aliphatic heterocycles. The van der Waals surface area contributed by atoms with E-state index in [1.807, 2.05) is 0 Å². The van der Waals surface area contributed by atoms with Crippen molar-refractivity contribution in [1.29, 1.82) is 0 Å². The van der Waals surface area contributed by atoms with Gasteiger partial charge in [0.2, 0.25) is 0 Å². The van der Waals surface area contributed by atoms with Gasteiger partial charge in [-0.2, -0.15) is 11.3 Å². The van der Waals surface area contributed by atoms with Crippen molar-refractivity contribution in [1.82, 2.24) is 15.2 Å². The van der Waals surface area contributed by atoms with E-state index in [0.29, 0.717) is 6.04 Å². The third-order valence-electron chi connectivity index (χ3n) is 3.37. The summed E-state index contributed by atoms with van der Waals surface area (Å²) in [5.74, 6) is 0. The summed E-state index contributed by atoms with van der Waals surface area (Å²) in [6.07, 6.45) is 0. The van der Waals surface area contributed by atoms with Gasteiger partial charge in [-0.3, -0.25) is 4.90 Å². The van der Waals surface area contributed by atoms with Gasteiger partial charge >= 0.3 is 0 Å². The van der Waals surface area contributed by atoms with Gasteiger partial charge in [0, 0.05) is 42.0 Å². The molecule has 2 aromatic heterocycles. The Morgan fingerprint density at radius 2 is 2.33 bits per heavy atom. The Morgan fingerprint density at radius 3 is 2.94 bits per heavy atom. The van der Waals surface area contributed by atoms with Crippen LogP contribution in [0.1, 0.15) is 12.6 Å². The van der Waals surface area contributed by atoms with Crippen LogP contribution in [0, 0.1) is 0 Å². The molecule has 0 saturated carbocycles. The van der Waals surface area contributed by atoms with Gasteiger partial charge in [0.05, 0.1) is 5.69 Å². The fourth-order valence-electron chi connectivity index (χ4n) is 2.14. The van der Waals surface area contributed by atoms with Crippen molar-refractivity contribution in [3.05, 3.63) is 27.9 Å². The van der Waals surface area contributed by atoms with Crippen LogP contribution < -0.4 is 5.32 Å². The van der Waals surface area contributed by atoms with Crippen molar-refractivity contribution in [2.45, 2.75) is 19.5 Å². The number of aromatic nitrogens is 1. The van der Waals surface area contributed by atoms with Crippen molar-refractivity contribution in [3.63, 3.8) is 0 Å². The van der Waals surface area contributed by atoms with Crippen molar-refractivity contribution < 1.29 is 0 Å². The third kappa shape index (κ3) is 2.49. The lowest BCUT2D eigenvalue weighted by atomic mass is 10.1. The first-order chi connectivity index (χ1) is 8.86. The number of hydrogen-bond acceptors (Lipinski definition) is 5. The summed E-state index contributed by atoms with van der Waals surface area (Å²) < 4.78 is 0. The summed E-state index contributed by atoms with van der Waals surface area (Å²) in [6, 6.07) is 2.84. The van der Waals surface area contributed by atoms with Gasteiger partial charge < -0.3 is 5.32 Å². The molecule has 5 heteroatoms. The van der Waals surface area contributed by atoms with E-state index in [1.54, 1.807) is 22.7 Å². The number of nitrogens with one attached hydrogen (secondary N) is 1. The molecule has 1 fully saturated rings. The number of rotatable bonds is 5. The average molecular weight is 279 g/mol. The largest absolute Gasteiger partial charge is 0.314 e. The zero-order valence-corrected chi connectivity index (χ0v) is 12.1. The summed E-state index contributed by atoms with van der Waals surface area (Å²) in [7, 11) is 0. The molecule has 18 heavy (non-hydrogen) atoms. The number of thiophene rings is 1. The molecular formula is C13H17N3S2. The van der Waals surface area contributed by atoms with Gasteiger partial charge in [-0.1, -0.05) is 6.92 Å². The van der Waals surface area contributed by atoms with Gasteiger partial charge in [-0.25, -0.2) is 4.98 Å². The summed E-state index contributed by atoms with van der Waals surface area (Å²) in [6.45, 7) is 6.54. The molecule has 0 aliphatic carbocycles. The highest BCUT2D eigenvalue weighted by molar-refractivity contribution is 7.14. The van der Waals surface area contributed by atoms with Gasteiger partial charge in [-0.15, -0.1) is 11.3 Å². The predicted molar refractivity (Wildman–Crippen MR) is 78.2 cm³/mol. The highest BCUT2D eigenvalue weighted by atomic mass is 32.1. The minimum atomic E-state index is 0.696. The lowest BCUT2D eigenvalue weighted by molar-refractivity contribution is 0.144. The molecule has 3 nitrogen and oxygen atoms in total. The quantitative estimate of drug-likeness (QED) is 0.912. The molecule has 1 N–H and O–H groups in total. The fourth-order valence-corrected chi connectivity index (χ4v) is 3.66. The van der Waals surface area contributed by atoms with Crippen LogP contribution in [0.3, 0.4) is 0 Å². The average Bonchev–Trinajstić information content (AvgIpc) is 2.95. The molecule has 3 rings (SSSR count). The van der Waals surface area contributed by atoms with Crippen molar-refractivity contribution in [2.75, 3.05) is 19.6 Å². The maximum Gasteiger partial charge on any atom is 0.124 e. The molecule has 96 valence electrons. The molecule has 0 radical (unpaired) electrons. The molecule has 2 aromatic rings. The SMILES string of the molecule is CCN(Cc1csc(-c2ccsc2)n1)C1CNC1. The smallest absolute Gasteiger partial charge is 0.124 e. The number of likely N-dealkylation sites (N-methyl/N-ethyl adjacent to an activating group) is 1. The molecule has 0 unspecified atom stereocenters. The molecule has 0 atom stereocenters. The molecule has 0 spiro atoms. The molecule has 1 saturated heterocycles. The maximum atomic E-state index is 4.74. The zero-order valence-electron chi connectivity index (χ0n) is 10.4. The molecule has 1 aliphatic rings. The highest BCUT2D eigenvalue weighted by Crippen LogP contribution is 2.26. The summed E-state index contributed by atoms with van der Waals surface area (Å²) in [4.78, 5) is 7.25. The second kappa shape index (κ2) is 5.48. The minimum absolute atomic E-state index is 0.696. The van der Waals surface area contributed by atoms with E-state index in [9.17, 15) is 0 Å². The summed E-state index contributed by atoms with van der Waals surface area (Å²) >= 11 is 3.48. The first-order valence-corrected chi connectivity index (χ1v) is 8.11. The van der Waals surface area contributed by atoms with Crippen LogP contribution in [-0.4, -0.2) is 35.6 Å². The first-order valence-electron chi connectivity index (χ1n) is 6.28. The second-order valence-electron chi connectivity index (χ2n) is 4.53. The van der Waals surface area contributed by atoms with E-state index >= 15 is 0 Å². The Morgan fingerprint density at radius 1 is 1.44 bits per heavy atom. The van der Waals surface area contributed by atoms with Crippen molar-refractivity contribution in [3.8, 4) is 10.6 Å². The van der Waals surface area contributed by atoms with Gasteiger partial charge in [0.1, 0.15) is 5.01 Å². The number of hydrogen-bond donors (Lipinski definition) is 1. The monoisotopic (exact) mass is 279 g/mol. The van der Waals surface area contributed by atoms with E-state index in [2.05, 4.69) is 39.3 Å². The normalized spacial score (nSPS) is 16.1. The molecule has 3 heterocycles. The van der Waals surface area contributed by atoms with Gasteiger partial charge in [0.25, 0.3) is 0 Å². The van der Waals surface area contributed by atoms with Crippen molar-refractivity contribution >= 4 is 22.7 Å². The topological polar surface area (TPSA) is 28.2 Å². The molecule has 0 aromatic carbocycles. The standard InChI is InChI=1S/C13H17N3S2/c1-2-16(12-5-14-6-12)7-11-9-18-13(15-11)10-3-4-17-8-10/h3-4,8-9,12,14H,2,5-7H2,1H3. The van der Waals surface area contributed by atoms with E-state index in [4.69, 9.17) is 4.98 Å². The molecular weight excluding hydrogens is 262 g/mol. The molecule has 0 bridgehead atoms. The second-order valence-corrected chi connectivity index (χ2v) is 6.17. The summed E-state index contributed by atoms with van der Waals surface area (Å²) in [5, 5.41) is 10.9. The Balaban J connectivity index is 1.69.